The van der Waals surface area contributed by atoms with Crippen molar-refractivity contribution in [2.24, 2.45) is 0 Å². The first-order valence-electron chi connectivity index (χ1n) is 8.24. The van der Waals surface area contributed by atoms with E-state index in [0.717, 1.165) is 0 Å². The van der Waals surface area contributed by atoms with E-state index in [1.807, 2.05) is 6.07 Å². The van der Waals surface area contributed by atoms with E-state index in [2.05, 4.69) is 36.9 Å². The summed E-state index contributed by atoms with van der Waals surface area (Å²) >= 11 is 0. The number of hydrogen-bond acceptors (Lipinski definition) is 4. The van der Waals surface area contributed by atoms with Gasteiger partial charge in [0.1, 0.15) is 0 Å². The first-order valence-corrected chi connectivity index (χ1v) is 9.68. The first kappa shape index (κ1) is 17.5. The van der Waals surface area contributed by atoms with Gasteiger partial charge in [0, 0.05) is 31.9 Å². The average molecular weight is 355 g/mol. The van der Waals surface area contributed by atoms with E-state index < -0.39 is 10.0 Å². The van der Waals surface area contributed by atoms with Gasteiger partial charge in [-0.3, -0.25) is 0 Å². The van der Waals surface area contributed by atoms with E-state index in [-0.39, 0.29) is 4.90 Å². The number of nitriles is 1. The molecule has 0 unspecified atom stereocenters. The molecule has 2 aromatic rings. The molecule has 0 aromatic heterocycles. The Morgan fingerprint density at radius 2 is 1.60 bits per heavy atom. The van der Waals surface area contributed by atoms with Crippen molar-refractivity contribution < 1.29 is 8.42 Å². The Labute approximate surface area is 149 Å². The lowest BCUT2D eigenvalue weighted by Crippen LogP contribution is -2.48. The van der Waals surface area contributed by atoms with E-state index in [1.54, 1.807) is 12.1 Å². The zero-order valence-corrected chi connectivity index (χ0v) is 15.3. The lowest BCUT2D eigenvalue weighted by atomic mass is 10.1. The van der Waals surface area contributed by atoms with Gasteiger partial charge in [0.25, 0.3) is 0 Å². The molecule has 25 heavy (non-hydrogen) atoms. The first-order chi connectivity index (χ1) is 11.9. The van der Waals surface area contributed by atoms with E-state index in [9.17, 15) is 8.42 Å². The highest BCUT2D eigenvalue weighted by atomic mass is 32.2. The van der Waals surface area contributed by atoms with Crippen molar-refractivity contribution >= 4 is 15.7 Å². The fraction of sp³-hybridized carbons (Fsp3) is 0.316. The summed E-state index contributed by atoms with van der Waals surface area (Å²) < 4.78 is 27.1. The van der Waals surface area contributed by atoms with Gasteiger partial charge in [-0.1, -0.05) is 12.1 Å². The molecule has 6 heteroatoms. The minimum absolute atomic E-state index is 0.242. The number of sulfonamides is 1. The lowest BCUT2D eigenvalue weighted by Gasteiger charge is -2.36. The molecular weight excluding hydrogens is 334 g/mol. The smallest absolute Gasteiger partial charge is 0.243 e. The molecule has 1 aliphatic heterocycles. The Morgan fingerprint density at radius 3 is 2.20 bits per heavy atom. The molecule has 130 valence electrons. The second kappa shape index (κ2) is 6.87. The van der Waals surface area contributed by atoms with Crippen molar-refractivity contribution in [1.29, 1.82) is 5.26 Å². The Kier molecular flexibility index (Phi) is 4.80. The van der Waals surface area contributed by atoms with Crippen LogP contribution in [0.4, 0.5) is 5.69 Å². The van der Waals surface area contributed by atoms with Crippen molar-refractivity contribution in [3.05, 3.63) is 59.2 Å². The number of piperazine rings is 1. The van der Waals surface area contributed by atoms with Gasteiger partial charge in [-0.2, -0.15) is 9.57 Å². The zero-order chi connectivity index (χ0) is 18.0. The molecule has 0 bridgehead atoms. The number of anilines is 1. The van der Waals surface area contributed by atoms with Gasteiger partial charge < -0.3 is 4.90 Å². The molecule has 0 amide bonds. The molecule has 1 heterocycles. The van der Waals surface area contributed by atoms with Crippen molar-refractivity contribution in [3.8, 4) is 6.07 Å². The zero-order valence-electron chi connectivity index (χ0n) is 14.4. The fourth-order valence-electron chi connectivity index (χ4n) is 3.08. The van der Waals surface area contributed by atoms with Crippen molar-refractivity contribution in [3.63, 3.8) is 0 Å². The van der Waals surface area contributed by atoms with Gasteiger partial charge in [-0.15, -0.1) is 0 Å². The third-order valence-corrected chi connectivity index (χ3v) is 6.48. The van der Waals surface area contributed by atoms with Gasteiger partial charge in [-0.25, -0.2) is 8.42 Å². The molecule has 1 fully saturated rings. The van der Waals surface area contributed by atoms with Crippen LogP contribution in [0.1, 0.15) is 16.7 Å². The largest absolute Gasteiger partial charge is 0.369 e. The molecule has 5 nitrogen and oxygen atoms in total. The summed E-state index contributed by atoms with van der Waals surface area (Å²) in [4.78, 5) is 2.49. The summed E-state index contributed by atoms with van der Waals surface area (Å²) in [5.41, 5.74) is 4.04. The Bertz CT molecular complexity index is 907. The molecule has 2 aromatic carbocycles. The van der Waals surface area contributed by atoms with Crippen LogP contribution in [0.15, 0.2) is 47.4 Å². The quantitative estimate of drug-likeness (QED) is 0.849. The molecule has 0 N–H and O–H groups in total. The Morgan fingerprint density at radius 1 is 0.960 bits per heavy atom. The Balaban J connectivity index is 1.75. The van der Waals surface area contributed by atoms with Crippen LogP contribution in [0.25, 0.3) is 0 Å². The predicted molar refractivity (Wildman–Crippen MR) is 98.0 cm³/mol. The number of hydrogen-bond donors (Lipinski definition) is 0. The molecule has 0 saturated carbocycles. The minimum Gasteiger partial charge on any atom is -0.369 e. The number of benzene rings is 2. The topological polar surface area (TPSA) is 64.4 Å². The highest BCUT2D eigenvalue weighted by molar-refractivity contribution is 7.89. The standard InChI is InChI=1S/C19H21N3O2S/c1-15-3-4-16(2)19(13-15)21-9-11-22(12-10-21)25(23,24)18-7-5-17(14-20)6-8-18/h3-8,13H,9-12H2,1-2H3. The third kappa shape index (κ3) is 3.53. The van der Waals surface area contributed by atoms with Gasteiger partial charge in [0.2, 0.25) is 10.0 Å². The molecule has 0 spiro atoms. The SMILES string of the molecule is Cc1ccc(C)c(N2CCN(S(=O)(=O)c3ccc(C#N)cc3)CC2)c1. The van der Waals surface area contributed by atoms with Crippen LogP contribution in [0, 0.1) is 25.2 Å². The van der Waals surface area contributed by atoms with Gasteiger partial charge in [0.05, 0.1) is 16.5 Å². The normalized spacial score (nSPS) is 15.8. The van der Waals surface area contributed by atoms with E-state index in [1.165, 1.54) is 33.3 Å². The maximum Gasteiger partial charge on any atom is 0.243 e. The minimum atomic E-state index is -3.51. The summed E-state index contributed by atoms with van der Waals surface area (Å²) in [6.45, 7) is 6.38. The molecule has 0 atom stereocenters. The van der Waals surface area contributed by atoms with E-state index in [4.69, 9.17) is 5.26 Å². The van der Waals surface area contributed by atoms with Crippen LogP contribution in [0.5, 0.6) is 0 Å². The van der Waals surface area contributed by atoms with Crippen LogP contribution in [0.3, 0.4) is 0 Å². The number of nitrogens with zero attached hydrogens (tertiary/aromatic N) is 3. The summed E-state index contributed by atoms with van der Waals surface area (Å²) in [7, 11) is -3.51. The summed E-state index contributed by atoms with van der Waals surface area (Å²) in [6, 6.07) is 14.4. The average Bonchev–Trinajstić information content (AvgIpc) is 2.64. The van der Waals surface area contributed by atoms with Crippen molar-refractivity contribution in [2.75, 3.05) is 31.1 Å². The number of aryl methyl sites for hydroxylation is 2. The highest BCUT2D eigenvalue weighted by Gasteiger charge is 2.28. The van der Waals surface area contributed by atoms with Crippen LogP contribution in [-0.4, -0.2) is 38.9 Å². The van der Waals surface area contributed by atoms with Gasteiger partial charge in [0.15, 0.2) is 0 Å². The monoisotopic (exact) mass is 355 g/mol. The van der Waals surface area contributed by atoms with Crippen LogP contribution in [-0.2, 0) is 10.0 Å². The van der Waals surface area contributed by atoms with Crippen LogP contribution >= 0.6 is 0 Å². The Hall–Kier alpha value is -2.36. The molecule has 0 radical (unpaired) electrons. The number of rotatable bonds is 3. The molecule has 1 saturated heterocycles. The fourth-order valence-corrected chi connectivity index (χ4v) is 4.50. The van der Waals surface area contributed by atoms with Crippen LogP contribution < -0.4 is 4.90 Å². The van der Waals surface area contributed by atoms with E-state index in [0.29, 0.717) is 31.7 Å². The van der Waals surface area contributed by atoms with E-state index >= 15 is 0 Å². The maximum absolute atomic E-state index is 12.8. The second-order valence-electron chi connectivity index (χ2n) is 6.32. The molecule has 0 aliphatic carbocycles. The predicted octanol–water partition coefficient (Wildman–Crippen LogP) is 2.69. The highest BCUT2D eigenvalue weighted by Crippen LogP contribution is 2.25. The molecule has 1 aliphatic rings. The summed E-state index contributed by atoms with van der Waals surface area (Å²) in [6.07, 6.45) is 0. The van der Waals surface area contributed by atoms with Crippen LogP contribution in [0.2, 0.25) is 0 Å². The van der Waals surface area contributed by atoms with Gasteiger partial charge in [-0.05, 0) is 55.3 Å². The second-order valence-corrected chi connectivity index (χ2v) is 8.26. The third-order valence-electron chi connectivity index (χ3n) is 4.57. The van der Waals surface area contributed by atoms with Gasteiger partial charge >= 0.3 is 0 Å². The maximum atomic E-state index is 12.8. The van der Waals surface area contributed by atoms with Crippen molar-refractivity contribution in [2.45, 2.75) is 18.7 Å². The summed E-state index contributed by atoms with van der Waals surface area (Å²) in [5.74, 6) is 0. The molecular formula is C19H21N3O2S. The molecule has 3 rings (SSSR count). The van der Waals surface area contributed by atoms with Crippen molar-refractivity contribution in [1.82, 2.24) is 4.31 Å². The lowest BCUT2D eigenvalue weighted by molar-refractivity contribution is 0.384. The summed E-state index contributed by atoms with van der Waals surface area (Å²) in [5, 5.41) is 8.84.